The van der Waals surface area contributed by atoms with Crippen LogP contribution in [0.5, 0.6) is 6.01 Å². The highest BCUT2D eigenvalue weighted by atomic mass is 35.5. The van der Waals surface area contributed by atoms with Gasteiger partial charge in [0.15, 0.2) is 0 Å². The highest BCUT2D eigenvalue weighted by Crippen LogP contribution is 2.37. The van der Waals surface area contributed by atoms with Crippen LogP contribution in [0.25, 0.3) is 10.8 Å². The first-order valence-corrected chi connectivity index (χ1v) is 16.4. The number of ether oxygens (including phenoxy) is 2. The summed E-state index contributed by atoms with van der Waals surface area (Å²) >= 11 is 6.69. The van der Waals surface area contributed by atoms with E-state index in [9.17, 15) is 20.0 Å². The minimum Gasteiger partial charge on any atom is -0.465 e. The summed E-state index contributed by atoms with van der Waals surface area (Å²) in [5.74, 6) is 0.814. The van der Waals surface area contributed by atoms with E-state index in [4.69, 9.17) is 31.0 Å². The third kappa shape index (κ3) is 7.10. The number of hydrogen-bond acceptors (Lipinski definition) is 9. The van der Waals surface area contributed by atoms with Gasteiger partial charge in [0.1, 0.15) is 11.4 Å². The van der Waals surface area contributed by atoms with E-state index >= 15 is 0 Å². The lowest BCUT2D eigenvalue weighted by atomic mass is 10.0. The maximum Gasteiger partial charge on any atom is 0.410 e. The van der Waals surface area contributed by atoms with Crippen molar-refractivity contribution in [3.8, 4) is 12.1 Å². The minimum atomic E-state index is -1.03. The molecule has 3 aliphatic heterocycles. The standard InChI is InChI=1S/C34H40ClN7O5/c1-34(2,3)47-33(45)41-14-11-22(18-41)21-46-31-37-27-20-39(28-9-5-7-23-6-4-8-26(35)29(23)28)15-12-25(27)30(38-31)40-16-17-42(32(43)44)24(19-40)10-13-36/h4-9,22,24H,10-12,14-21H2,1-3H3,(H,43,44)/t22-,24?/m1/s1. The molecule has 13 heteroatoms. The number of piperazine rings is 1. The van der Waals surface area contributed by atoms with Crippen molar-refractivity contribution in [1.82, 2.24) is 19.8 Å². The highest BCUT2D eigenvalue weighted by molar-refractivity contribution is 6.36. The molecule has 0 radical (unpaired) electrons. The van der Waals surface area contributed by atoms with Crippen LogP contribution in [0.1, 0.15) is 44.9 Å². The Bertz CT molecular complexity index is 1700. The van der Waals surface area contributed by atoms with E-state index in [0.29, 0.717) is 57.3 Å². The molecule has 0 saturated carbocycles. The molecule has 0 aliphatic carbocycles. The monoisotopic (exact) mass is 661 g/mol. The summed E-state index contributed by atoms with van der Waals surface area (Å²) in [6, 6.07) is 14.0. The lowest BCUT2D eigenvalue weighted by Gasteiger charge is -2.41. The average molecular weight is 662 g/mol. The molecule has 2 atom stereocenters. The van der Waals surface area contributed by atoms with Gasteiger partial charge in [0.2, 0.25) is 0 Å². The number of rotatable bonds is 6. The molecule has 47 heavy (non-hydrogen) atoms. The van der Waals surface area contributed by atoms with Crippen LogP contribution in [-0.2, 0) is 17.7 Å². The normalized spacial score (nSPS) is 19.8. The van der Waals surface area contributed by atoms with Gasteiger partial charge in [0.25, 0.3) is 0 Å². The summed E-state index contributed by atoms with van der Waals surface area (Å²) in [6.07, 6.45) is 0.180. The molecular weight excluding hydrogens is 622 g/mol. The Morgan fingerprint density at radius 2 is 1.85 bits per heavy atom. The van der Waals surface area contributed by atoms with Crippen LogP contribution in [0.3, 0.4) is 0 Å². The molecule has 0 bridgehead atoms. The van der Waals surface area contributed by atoms with Crippen molar-refractivity contribution >= 4 is 46.1 Å². The molecule has 2 aromatic carbocycles. The van der Waals surface area contributed by atoms with Gasteiger partial charge in [-0.2, -0.15) is 15.2 Å². The number of fused-ring (bicyclic) bond motifs is 2. The number of carbonyl (C=O) groups excluding carboxylic acids is 1. The lowest BCUT2D eigenvalue weighted by molar-refractivity contribution is 0.0284. The molecule has 3 aliphatic rings. The predicted octanol–water partition coefficient (Wildman–Crippen LogP) is 5.56. The van der Waals surface area contributed by atoms with E-state index in [1.807, 2.05) is 39.0 Å². The third-order valence-electron chi connectivity index (χ3n) is 8.94. The molecule has 1 N–H and O–H groups in total. The number of hydrogen-bond donors (Lipinski definition) is 1. The number of likely N-dealkylation sites (tertiary alicyclic amines) is 1. The highest BCUT2D eigenvalue weighted by Gasteiger charge is 2.35. The van der Waals surface area contributed by atoms with Gasteiger partial charge >= 0.3 is 18.2 Å². The smallest absolute Gasteiger partial charge is 0.410 e. The van der Waals surface area contributed by atoms with Crippen molar-refractivity contribution in [2.45, 2.75) is 58.2 Å². The zero-order valence-corrected chi connectivity index (χ0v) is 27.7. The summed E-state index contributed by atoms with van der Waals surface area (Å²) in [7, 11) is 0. The van der Waals surface area contributed by atoms with Crippen LogP contribution in [0.4, 0.5) is 21.1 Å². The van der Waals surface area contributed by atoms with Gasteiger partial charge in [-0.3, -0.25) is 0 Å². The topological polar surface area (TPSA) is 135 Å². The van der Waals surface area contributed by atoms with Crippen molar-refractivity contribution in [1.29, 1.82) is 5.26 Å². The van der Waals surface area contributed by atoms with Crippen LogP contribution in [0.2, 0.25) is 5.02 Å². The van der Waals surface area contributed by atoms with Gasteiger partial charge in [-0.25, -0.2) is 9.59 Å². The molecular formula is C34H40ClN7O5. The van der Waals surface area contributed by atoms with Crippen molar-refractivity contribution in [3.05, 3.63) is 52.7 Å². The zero-order valence-electron chi connectivity index (χ0n) is 27.0. The molecule has 2 saturated heterocycles. The Morgan fingerprint density at radius 3 is 2.60 bits per heavy atom. The maximum atomic E-state index is 12.6. The van der Waals surface area contributed by atoms with Crippen molar-refractivity contribution in [2.24, 2.45) is 5.92 Å². The number of halogens is 1. The van der Waals surface area contributed by atoms with Gasteiger partial charge < -0.3 is 34.2 Å². The molecule has 6 rings (SSSR count). The number of anilines is 2. The Balaban J connectivity index is 1.27. The zero-order chi connectivity index (χ0) is 33.3. The molecule has 2 amide bonds. The van der Waals surface area contributed by atoms with Crippen molar-refractivity contribution in [3.63, 3.8) is 0 Å². The molecule has 248 valence electrons. The molecule has 3 aromatic rings. The van der Waals surface area contributed by atoms with Gasteiger partial charge in [0.05, 0.1) is 42.4 Å². The number of aromatic nitrogens is 2. The quantitative estimate of drug-likeness (QED) is 0.357. The Hall–Kier alpha value is -4.50. The van der Waals surface area contributed by atoms with Crippen LogP contribution in [0.15, 0.2) is 36.4 Å². The van der Waals surface area contributed by atoms with E-state index < -0.39 is 17.7 Å². The van der Waals surface area contributed by atoms with E-state index in [2.05, 4.69) is 34.1 Å². The SMILES string of the molecule is CC(C)(C)OC(=O)N1CC[C@@H](COc2nc3c(c(N4CCN(C(=O)O)C(CC#N)C4)n2)CCN(c2cccc4cccc(Cl)c24)C3)C1. The first kappa shape index (κ1) is 32.4. The Labute approximate surface area is 279 Å². The van der Waals surface area contributed by atoms with Gasteiger partial charge in [-0.1, -0.05) is 35.9 Å². The second-order valence-corrected chi connectivity index (χ2v) is 13.8. The van der Waals surface area contributed by atoms with Crippen LogP contribution in [0, 0.1) is 17.2 Å². The fourth-order valence-corrected chi connectivity index (χ4v) is 6.97. The number of carboxylic acid groups (broad SMARTS) is 1. The van der Waals surface area contributed by atoms with E-state index in [-0.39, 0.29) is 31.0 Å². The van der Waals surface area contributed by atoms with Crippen molar-refractivity contribution < 1.29 is 24.2 Å². The first-order valence-electron chi connectivity index (χ1n) is 16.0. The summed E-state index contributed by atoms with van der Waals surface area (Å²) < 4.78 is 11.8. The molecule has 12 nitrogen and oxygen atoms in total. The molecule has 2 fully saturated rings. The fourth-order valence-electron chi connectivity index (χ4n) is 6.69. The van der Waals surface area contributed by atoms with Crippen molar-refractivity contribution in [2.75, 3.05) is 55.7 Å². The molecule has 1 aromatic heterocycles. The van der Waals surface area contributed by atoms with E-state index in [1.54, 1.807) is 4.90 Å². The average Bonchev–Trinajstić information content (AvgIpc) is 3.52. The van der Waals surface area contributed by atoms with Crippen LogP contribution >= 0.6 is 11.6 Å². The van der Waals surface area contributed by atoms with E-state index in [1.165, 1.54) is 4.90 Å². The lowest BCUT2D eigenvalue weighted by Crippen LogP contribution is -2.55. The second-order valence-electron chi connectivity index (χ2n) is 13.4. The number of nitrogens with zero attached hydrogens (tertiary/aromatic N) is 7. The van der Waals surface area contributed by atoms with E-state index in [0.717, 1.165) is 40.0 Å². The second kappa shape index (κ2) is 13.3. The predicted molar refractivity (Wildman–Crippen MR) is 178 cm³/mol. The summed E-state index contributed by atoms with van der Waals surface area (Å²) in [5.41, 5.74) is 2.29. The molecule has 0 spiro atoms. The largest absolute Gasteiger partial charge is 0.465 e. The summed E-state index contributed by atoms with van der Waals surface area (Å²) in [5, 5.41) is 21.9. The van der Waals surface area contributed by atoms with Crippen LogP contribution < -0.4 is 14.5 Å². The first-order chi connectivity index (χ1) is 22.5. The fraction of sp³-hybridized carbons (Fsp3) is 0.500. The van der Waals surface area contributed by atoms with Gasteiger partial charge in [-0.15, -0.1) is 0 Å². The summed E-state index contributed by atoms with van der Waals surface area (Å²) in [6.45, 7) is 9.29. The third-order valence-corrected chi connectivity index (χ3v) is 9.25. The number of carbonyl (C=O) groups is 2. The van der Waals surface area contributed by atoms with Crippen LogP contribution in [-0.4, -0.2) is 94.6 Å². The molecule has 4 heterocycles. The number of amides is 2. The Kier molecular flexibility index (Phi) is 9.19. The number of benzene rings is 2. The maximum absolute atomic E-state index is 12.6. The van der Waals surface area contributed by atoms with Gasteiger partial charge in [0, 0.05) is 61.8 Å². The minimum absolute atomic E-state index is 0.0882. The molecule has 1 unspecified atom stereocenters. The number of nitriles is 1. The van der Waals surface area contributed by atoms with Gasteiger partial charge in [-0.05, 0) is 51.1 Å². The summed E-state index contributed by atoms with van der Waals surface area (Å²) in [4.78, 5) is 41.7. The Morgan fingerprint density at radius 1 is 1.06 bits per heavy atom.